The fourth-order valence-corrected chi connectivity index (χ4v) is 3.53. The van der Waals surface area contributed by atoms with Crippen molar-refractivity contribution in [3.8, 4) is 45.3 Å². The second-order valence-corrected chi connectivity index (χ2v) is 7.07. The molecule has 5 rings (SSSR count). The van der Waals surface area contributed by atoms with E-state index in [1.54, 1.807) is 6.07 Å². The summed E-state index contributed by atoms with van der Waals surface area (Å²) in [6.07, 6.45) is 0. The van der Waals surface area contributed by atoms with Crippen LogP contribution in [0.1, 0.15) is 0 Å². The maximum Gasteiger partial charge on any atom is 0.167 e. The van der Waals surface area contributed by atoms with Crippen LogP contribution in [-0.2, 0) is 0 Å². The summed E-state index contributed by atoms with van der Waals surface area (Å²) < 4.78 is 15.2. The first-order valence-corrected chi connectivity index (χ1v) is 10.0. The van der Waals surface area contributed by atoms with Crippen LogP contribution in [0.25, 0.3) is 45.3 Å². The van der Waals surface area contributed by atoms with E-state index in [1.807, 2.05) is 97.1 Å². The molecule has 31 heavy (non-hydrogen) atoms. The van der Waals surface area contributed by atoms with Gasteiger partial charge in [-0.3, -0.25) is 0 Å². The molecular formula is C27H18FN3. The average molecular weight is 403 g/mol. The van der Waals surface area contributed by atoms with Crippen LogP contribution in [0.5, 0.6) is 0 Å². The van der Waals surface area contributed by atoms with Gasteiger partial charge in [-0.15, -0.1) is 0 Å². The van der Waals surface area contributed by atoms with Gasteiger partial charge in [-0.05, 0) is 17.2 Å². The van der Waals surface area contributed by atoms with E-state index < -0.39 is 0 Å². The van der Waals surface area contributed by atoms with Crippen molar-refractivity contribution in [1.29, 1.82) is 0 Å². The third-order valence-corrected chi connectivity index (χ3v) is 5.02. The average Bonchev–Trinajstić information content (AvgIpc) is 2.85. The molecule has 4 aromatic carbocycles. The Bertz CT molecular complexity index is 1260. The molecule has 0 radical (unpaired) electrons. The van der Waals surface area contributed by atoms with Gasteiger partial charge in [0.05, 0.1) is 5.56 Å². The van der Waals surface area contributed by atoms with E-state index in [1.165, 1.54) is 6.07 Å². The molecule has 0 aliphatic carbocycles. The minimum Gasteiger partial charge on any atom is -0.208 e. The second kappa shape index (κ2) is 8.28. The summed E-state index contributed by atoms with van der Waals surface area (Å²) in [5, 5.41) is 0. The van der Waals surface area contributed by atoms with Crippen LogP contribution in [0.3, 0.4) is 0 Å². The molecule has 0 saturated carbocycles. The van der Waals surface area contributed by atoms with Crippen molar-refractivity contribution in [1.82, 2.24) is 15.0 Å². The van der Waals surface area contributed by atoms with E-state index in [0.717, 1.165) is 22.3 Å². The summed E-state index contributed by atoms with van der Waals surface area (Å²) in [7, 11) is 0. The molecule has 5 aromatic rings. The molecule has 0 fully saturated rings. The van der Waals surface area contributed by atoms with E-state index >= 15 is 4.39 Å². The van der Waals surface area contributed by atoms with Gasteiger partial charge in [0.25, 0.3) is 0 Å². The lowest BCUT2D eigenvalue weighted by molar-refractivity contribution is 0.630. The normalized spacial score (nSPS) is 10.7. The van der Waals surface area contributed by atoms with Gasteiger partial charge in [-0.1, -0.05) is 103 Å². The number of halogens is 1. The van der Waals surface area contributed by atoms with Crippen LogP contribution in [0, 0.1) is 5.82 Å². The minimum atomic E-state index is -0.370. The maximum atomic E-state index is 15.2. The number of aromatic nitrogens is 3. The van der Waals surface area contributed by atoms with Gasteiger partial charge < -0.3 is 0 Å². The molecule has 0 amide bonds. The van der Waals surface area contributed by atoms with Gasteiger partial charge >= 0.3 is 0 Å². The number of benzene rings is 4. The Hall–Kier alpha value is -4.18. The smallest absolute Gasteiger partial charge is 0.167 e. The van der Waals surface area contributed by atoms with Crippen LogP contribution in [0.4, 0.5) is 4.39 Å². The predicted molar refractivity (Wildman–Crippen MR) is 122 cm³/mol. The number of rotatable bonds is 4. The molecule has 0 bridgehead atoms. The van der Waals surface area contributed by atoms with Gasteiger partial charge in [0, 0.05) is 11.1 Å². The Morgan fingerprint density at radius 3 is 1.39 bits per heavy atom. The monoisotopic (exact) mass is 403 g/mol. The highest BCUT2D eigenvalue weighted by atomic mass is 19.1. The van der Waals surface area contributed by atoms with E-state index in [4.69, 9.17) is 0 Å². The Labute approximate surface area is 179 Å². The Kier molecular flexibility index (Phi) is 5.03. The number of hydrogen-bond donors (Lipinski definition) is 0. The van der Waals surface area contributed by atoms with Gasteiger partial charge in [-0.25, -0.2) is 19.3 Å². The number of nitrogens with zero attached hydrogens (tertiary/aromatic N) is 3. The molecule has 1 heterocycles. The lowest BCUT2D eigenvalue weighted by Gasteiger charge is -2.12. The summed E-state index contributed by atoms with van der Waals surface area (Å²) in [5.41, 5.74) is 3.71. The topological polar surface area (TPSA) is 38.7 Å². The highest BCUT2D eigenvalue weighted by Crippen LogP contribution is 2.34. The molecule has 148 valence electrons. The zero-order valence-corrected chi connectivity index (χ0v) is 16.6. The summed E-state index contributed by atoms with van der Waals surface area (Å²) in [5.74, 6) is 0.952. The van der Waals surface area contributed by atoms with Crippen molar-refractivity contribution in [3.05, 3.63) is 115 Å². The molecule has 0 atom stereocenters. The summed E-state index contributed by atoms with van der Waals surface area (Å²) in [6, 6.07) is 34.1. The van der Waals surface area contributed by atoms with Crippen LogP contribution in [-0.4, -0.2) is 15.0 Å². The van der Waals surface area contributed by atoms with Crippen molar-refractivity contribution in [3.63, 3.8) is 0 Å². The van der Waals surface area contributed by atoms with Gasteiger partial charge in [0.2, 0.25) is 0 Å². The first-order chi connectivity index (χ1) is 15.3. The van der Waals surface area contributed by atoms with Crippen molar-refractivity contribution < 1.29 is 4.39 Å². The standard InChI is InChI=1S/C27H18FN3/c28-23-18-10-17-22(19-11-4-1-5-12-19)24(23)27-30-25(20-13-6-2-7-14-20)29-26(31-27)21-15-8-3-9-16-21/h1-18H. The molecule has 3 nitrogen and oxygen atoms in total. The van der Waals surface area contributed by atoms with E-state index in [9.17, 15) is 0 Å². The highest BCUT2D eigenvalue weighted by Gasteiger charge is 2.18. The fourth-order valence-electron chi connectivity index (χ4n) is 3.53. The quantitative estimate of drug-likeness (QED) is 0.336. The Morgan fingerprint density at radius 1 is 0.419 bits per heavy atom. The molecule has 0 N–H and O–H groups in total. The lowest BCUT2D eigenvalue weighted by Crippen LogP contribution is -2.02. The van der Waals surface area contributed by atoms with Crippen LogP contribution >= 0.6 is 0 Å². The maximum absolute atomic E-state index is 15.2. The Balaban J connectivity index is 1.77. The number of hydrogen-bond acceptors (Lipinski definition) is 3. The summed E-state index contributed by atoms with van der Waals surface area (Å²) in [4.78, 5) is 14.1. The van der Waals surface area contributed by atoms with Gasteiger partial charge in [-0.2, -0.15) is 0 Å². The Morgan fingerprint density at radius 2 is 0.871 bits per heavy atom. The third kappa shape index (κ3) is 3.83. The molecule has 0 aliphatic rings. The lowest BCUT2D eigenvalue weighted by atomic mass is 9.98. The highest BCUT2D eigenvalue weighted by molar-refractivity contribution is 5.82. The van der Waals surface area contributed by atoms with Gasteiger partial charge in [0.15, 0.2) is 17.5 Å². The predicted octanol–water partition coefficient (Wildman–Crippen LogP) is 6.68. The molecule has 4 heteroatoms. The molecule has 0 unspecified atom stereocenters. The van der Waals surface area contributed by atoms with Crippen LogP contribution in [0.15, 0.2) is 109 Å². The van der Waals surface area contributed by atoms with Crippen LogP contribution in [0.2, 0.25) is 0 Å². The van der Waals surface area contributed by atoms with Crippen molar-refractivity contribution in [2.24, 2.45) is 0 Å². The largest absolute Gasteiger partial charge is 0.208 e. The fraction of sp³-hybridized carbons (Fsp3) is 0. The van der Waals surface area contributed by atoms with Crippen molar-refractivity contribution in [2.75, 3.05) is 0 Å². The van der Waals surface area contributed by atoms with E-state index in [0.29, 0.717) is 23.0 Å². The van der Waals surface area contributed by atoms with Crippen molar-refractivity contribution in [2.45, 2.75) is 0 Å². The first kappa shape index (κ1) is 18.8. The molecular weight excluding hydrogens is 385 g/mol. The van der Waals surface area contributed by atoms with Gasteiger partial charge in [0.1, 0.15) is 5.82 Å². The zero-order chi connectivity index (χ0) is 21.0. The second-order valence-electron chi connectivity index (χ2n) is 7.07. The third-order valence-electron chi connectivity index (χ3n) is 5.02. The molecule has 0 aliphatic heterocycles. The molecule has 0 saturated heterocycles. The van der Waals surface area contributed by atoms with Crippen molar-refractivity contribution >= 4 is 0 Å². The minimum absolute atomic E-state index is 0.310. The molecule has 0 spiro atoms. The summed E-state index contributed by atoms with van der Waals surface area (Å²) in [6.45, 7) is 0. The molecule has 1 aromatic heterocycles. The zero-order valence-electron chi connectivity index (χ0n) is 16.6. The van der Waals surface area contributed by atoms with E-state index in [2.05, 4.69) is 15.0 Å². The van der Waals surface area contributed by atoms with E-state index in [-0.39, 0.29) is 5.82 Å². The SMILES string of the molecule is Fc1cccc(-c2ccccc2)c1-c1nc(-c2ccccc2)nc(-c2ccccc2)n1. The summed E-state index contributed by atoms with van der Waals surface area (Å²) >= 11 is 0. The van der Waals surface area contributed by atoms with Crippen LogP contribution < -0.4 is 0 Å². The first-order valence-electron chi connectivity index (χ1n) is 10.0.